The van der Waals surface area contributed by atoms with Crippen LogP contribution in [-0.2, 0) is 4.79 Å². The molecular formula is C30H27N3O5S. The lowest BCUT2D eigenvalue weighted by atomic mass is 10.2. The maximum absolute atomic E-state index is 12.6. The zero-order chi connectivity index (χ0) is 27.3. The molecule has 8 nitrogen and oxygen atoms in total. The number of anilines is 2. The molecule has 2 amide bonds. The highest BCUT2D eigenvalue weighted by Gasteiger charge is 2.10. The molecule has 0 radical (unpaired) electrons. The Bertz CT molecular complexity index is 1380. The summed E-state index contributed by atoms with van der Waals surface area (Å²) in [5.74, 6) is 1.34. The molecule has 198 valence electrons. The van der Waals surface area contributed by atoms with Gasteiger partial charge in [0.15, 0.2) is 11.7 Å². The smallest absolute Gasteiger partial charge is 0.262 e. The average Bonchev–Trinajstić information content (AvgIpc) is 2.96. The molecule has 0 saturated heterocycles. The maximum Gasteiger partial charge on any atom is 0.262 e. The molecule has 0 aliphatic heterocycles. The van der Waals surface area contributed by atoms with Crippen molar-refractivity contribution in [2.75, 3.05) is 30.5 Å². The summed E-state index contributed by atoms with van der Waals surface area (Å²) in [4.78, 5) is 24.8. The highest BCUT2D eigenvalue weighted by Crippen LogP contribution is 2.16. The third-order valence-corrected chi connectivity index (χ3v) is 5.43. The van der Waals surface area contributed by atoms with Gasteiger partial charge in [0.25, 0.3) is 11.8 Å². The van der Waals surface area contributed by atoms with Crippen molar-refractivity contribution < 1.29 is 23.8 Å². The van der Waals surface area contributed by atoms with Crippen LogP contribution in [0.4, 0.5) is 11.4 Å². The Balaban J connectivity index is 1.19. The van der Waals surface area contributed by atoms with Gasteiger partial charge >= 0.3 is 0 Å². The Morgan fingerprint density at radius 1 is 0.615 bits per heavy atom. The van der Waals surface area contributed by atoms with Crippen molar-refractivity contribution in [2.45, 2.75) is 0 Å². The molecule has 0 atom stereocenters. The average molecular weight is 542 g/mol. The zero-order valence-corrected chi connectivity index (χ0v) is 21.8. The molecule has 9 heteroatoms. The van der Waals surface area contributed by atoms with Gasteiger partial charge in [0, 0.05) is 16.9 Å². The molecule has 4 aromatic carbocycles. The molecule has 0 aromatic heterocycles. The molecule has 0 bridgehead atoms. The second-order valence-electron chi connectivity index (χ2n) is 8.17. The van der Waals surface area contributed by atoms with Crippen molar-refractivity contribution in [3.8, 4) is 17.2 Å². The van der Waals surface area contributed by atoms with Crippen LogP contribution in [0.25, 0.3) is 0 Å². The topological polar surface area (TPSA) is 97.9 Å². The monoisotopic (exact) mass is 541 g/mol. The van der Waals surface area contributed by atoms with Gasteiger partial charge in [0.2, 0.25) is 0 Å². The van der Waals surface area contributed by atoms with E-state index < -0.39 is 0 Å². The van der Waals surface area contributed by atoms with E-state index in [1.54, 1.807) is 60.7 Å². The molecule has 0 heterocycles. The maximum atomic E-state index is 12.6. The van der Waals surface area contributed by atoms with Crippen LogP contribution in [0.3, 0.4) is 0 Å². The summed E-state index contributed by atoms with van der Waals surface area (Å²) in [6.45, 7) is 0.647. The van der Waals surface area contributed by atoms with E-state index in [2.05, 4.69) is 16.0 Å². The number of para-hydroxylation sites is 2. The third-order valence-electron chi connectivity index (χ3n) is 5.22. The molecule has 0 spiro atoms. The molecule has 0 fully saturated rings. The number of hydrogen-bond donors (Lipinski definition) is 3. The van der Waals surface area contributed by atoms with Gasteiger partial charge in [0.1, 0.15) is 30.5 Å². The van der Waals surface area contributed by atoms with Gasteiger partial charge in [-0.2, -0.15) is 0 Å². The molecule has 0 unspecified atom stereocenters. The fourth-order valence-corrected chi connectivity index (χ4v) is 3.62. The molecule has 3 N–H and O–H groups in total. The number of carbonyl (C=O) groups is 2. The highest BCUT2D eigenvalue weighted by atomic mass is 32.1. The number of rotatable bonds is 11. The number of benzene rings is 4. The van der Waals surface area contributed by atoms with Crippen molar-refractivity contribution in [1.29, 1.82) is 0 Å². The summed E-state index contributed by atoms with van der Waals surface area (Å²) < 4.78 is 16.7. The fourth-order valence-electron chi connectivity index (χ4n) is 3.41. The van der Waals surface area contributed by atoms with E-state index in [4.69, 9.17) is 26.4 Å². The Morgan fingerprint density at radius 3 is 1.77 bits per heavy atom. The van der Waals surface area contributed by atoms with E-state index in [1.807, 2.05) is 48.5 Å². The van der Waals surface area contributed by atoms with E-state index >= 15 is 0 Å². The van der Waals surface area contributed by atoms with Crippen LogP contribution < -0.4 is 30.2 Å². The Kier molecular flexibility index (Phi) is 9.85. The standard InChI is InChI=1S/C30H27N3O5S/c34-28(21-38-26-12-5-2-6-13-26)31-23-8-7-9-24(20-23)32-30(39)33-29(35)22-14-16-27(17-15-22)37-19-18-36-25-10-3-1-4-11-25/h1-17,20H,18-19,21H2,(H,31,34)(H2,32,33,35,39). The van der Waals surface area contributed by atoms with Gasteiger partial charge in [-0.05, 0) is 78.9 Å². The van der Waals surface area contributed by atoms with E-state index in [-0.39, 0.29) is 23.5 Å². The molecule has 0 saturated carbocycles. The van der Waals surface area contributed by atoms with E-state index in [9.17, 15) is 9.59 Å². The Hall–Kier alpha value is -4.89. The van der Waals surface area contributed by atoms with Gasteiger partial charge in [0.05, 0.1) is 0 Å². The van der Waals surface area contributed by atoms with Crippen LogP contribution in [0.2, 0.25) is 0 Å². The third kappa shape index (κ3) is 9.17. The molecule has 0 aliphatic rings. The summed E-state index contributed by atoms with van der Waals surface area (Å²) in [7, 11) is 0. The van der Waals surface area contributed by atoms with Gasteiger partial charge in [-0.15, -0.1) is 0 Å². The molecule has 4 rings (SSSR count). The summed E-state index contributed by atoms with van der Waals surface area (Å²) in [6, 6.07) is 32.3. The Morgan fingerprint density at radius 2 is 1.15 bits per heavy atom. The lowest BCUT2D eigenvalue weighted by molar-refractivity contribution is -0.118. The zero-order valence-electron chi connectivity index (χ0n) is 21.0. The molecule has 39 heavy (non-hydrogen) atoms. The van der Waals surface area contributed by atoms with Crippen molar-refractivity contribution in [3.05, 3.63) is 115 Å². The van der Waals surface area contributed by atoms with Gasteiger partial charge in [-0.3, -0.25) is 14.9 Å². The molecule has 4 aromatic rings. The number of hydrogen-bond acceptors (Lipinski definition) is 6. The summed E-state index contributed by atoms with van der Waals surface area (Å²) in [6.07, 6.45) is 0. The van der Waals surface area contributed by atoms with Crippen LogP contribution in [-0.4, -0.2) is 36.7 Å². The van der Waals surface area contributed by atoms with E-state index in [0.717, 1.165) is 5.75 Å². The lowest BCUT2D eigenvalue weighted by Gasteiger charge is -2.12. The largest absolute Gasteiger partial charge is 0.490 e. The first-order valence-electron chi connectivity index (χ1n) is 12.2. The number of carbonyl (C=O) groups excluding carboxylic acids is 2. The number of nitrogens with one attached hydrogen (secondary N) is 3. The van der Waals surface area contributed by atoms with E-state index in [1.165, 1.54) is 0 Å². The number of thiocarbonyl (C=S) groups is 1. The lowest BCUT2D eigenvalue weighted by Crippen LogP contribution is -2.34. The van der Waals surface area contributed by atoms with Crippen LogP contribution in [0.15, 0.2) is 109 Å². The molecule has 0 aliphatic carbocycles. The second-order valence-corrected chi connectivity index (χ2v) is 8.58. The minimum Gasteiger partial charge on any atom is -0.490 e. The van der Waals surface area contributed by atoms with Crippen LogP contribution in [0.5, 0.6) is 17.2 Å². The van der Waals surface area contributed by atoms with Gasteiger partial charge in [-0.1, -0.05) is 42.5 Å². The molecular weight excluding hydrogens is 514 g/mol. The van der Waals surface area contributed by atoms with Gasteiger partial charge in [-0.25, -0.2) is 0 Å². The minimum atomic E-state index is -0.367. The highest BCUT2D eigenvalue weighted by molar-refractivity contribution is 7.80. The van der Waals surface area contributed by atoms with E-state index in [0.29, 0.717) is 41.7 Å². The van der Waals surface area contributed by atoms with Gasteiger partial charge < -0.3 is 24.8 Å². The SMILES string of the molecule is O=C(COc1ccccc1)Nc1cccc(NC(=S)NC(=O)c2ccc(OCCOc3ccccc3)cc2)c1. The van der Waals surface area contributed by atoms with Crippen molar-refractivity contribution in [3.63, 3.8) is 0 Å². The first-order valence-corrected chi connectivity index (χ1v) is 12.6. The first kappa shape index (κ1) is 27.2. The quantitative estimate of drug-likeness (QED) is 0.175. The fraction of sp³-hybridized carbons (Fsp3) is 0.100. The predicted molar refractivity (Wildman–Crippen MR) is 155 cm³/mol. The summed E-state index contributed by atoms with van der Waals surface area (Å²) in [5.41, 5.74) is 1.58. The predicted octanol–water partition coefficient (Wildman–Crippen LogP) is 5.29. The summed E-state index contributed by atoms with van der Waals surface area (Å²) >= 11 is 5.29. The van der Waals surface area contributed by atoms with Crippen LogP contribution >= 0.6 is 12.2 Å². The number of amides is 2. The second kappa shape index (κ2) is 14.2. The normalized spacial score (nSPS) is 10.2. The Labute approximate surface area is 231 Å². The van der Waals surface area contributed by atoms with Crippen LogP contribution in [0.1, 0.15) is 10.4 Å². The summed E-state index contributed by atoms with van der Waals surface area (Å²) in [5, 5.41) is 8.49. The number of ether oxygens (including phenoxy) is 3. The van der Waals surface area contributed by atoms with Crippen LogP contribution in [0, 0.1) is 0 Å². The van der Waals surface area contributed by atoms with Crippen molar-refractivity contribution in [2.24, 2.45) is 0 Å². The van der Waals surface area contributed by atoms with Crippen molar-refractivity contribution >= 4 is 40.5 Å². The minimum absolute atomic E-state index is 0.120. The van der Waals surface area contributed by atoms with Crippen molar-refractivity contribution in [1.82, 2.24) is 5.32 Å². The first-order chi connectivity index (χ1) is 19.0.